The van der Waals surface area contributed by atoms with Gasteiger partial charge in [0, 0.05) is 32.1 Å². The summed E-state index contributed by atoms with van der Waals surface area (Å²) in [6.07, 6.45) is 2.42. The summed E-state index contributed by atoms with van der Waals surface area (Å²) in [4.78, 5) is 27.4. The lowest BCUT2D eigenvalue weighted by Gasteiger charge is -2.38. The Labute approximate surface area is 108 Å². The van der Waals surface area contributed by atoms with Crippen molar-refractivity contribution in [2.45, 2.75) is 57.7 Å². The van der Waals surface area contributed by atoms with Gasteiger partial charge in [-0.2, -0.15) is 0 Å². The van der Waals surface area contributed by atoms with E-state index in [2.05, 4.69) is 18.7 Å². The number of carboxylic acids is 1. The van der Waals surface area contributed by atoms with Crippen LogP contribution in [0.15, 0.2) is 0 Å². The first kappa shape index (κ1) is 13.3. The number of carbonyl (C=O) groups excluding carboxylic acids is 1. The second kappa shape index (κ2) is 4.53. The fourth-order valence-electron chi connectivity index (χ4n) is 2.98. The predicted molar refractivity (Wildman–Crippen MR) is 67.2 cm³/mol. The average Bonchev–Trinajstić information content (AvgIpc) is 2.95. The monoisotopic (exact) mass is 254 g/mol. The van der Waals surface area contributed by atoms with Crippen LogP contribution in [0.5, 0.6) is 0 Å². The lowest BCUT2D eigenvalue weighted by atomic mass is 9.95. The molecular weight excluding hydrogens is 232 g/mol. The van der Waals surface area contributed by atoms with Crippen molar-refractivity contribution in [2.24, 2.45) is 0 Å². The van der Waals surface area contributed by atoms with Crippen molar-refractivity contribution in [3.05, 3.63) is 0 Å². The molecule has 1 saturated heterocycles. The van der Waals surface area contributed by atoms with Crippen LogP contribution in [0.1, 0.15) is 40.0 Å². The van der Waals surface area contributed by atoms with E-state index in [1.165, 1.54) is 6.92 Å². The number of hydrogen-bond acceptors (Lipinski definition) is 3. The SMILES string of the molecule is CC(=O)N(C1CC1)C1(C(=O)O)CCN(C(C)C)C1. The Kier molecular flexibility index (Phi) is 3.36. The minimum Gasteiger partial charge on any atom is -0.479 e. The Morgan fingerprint density at radius 1 is 1.39 bits per heavy atom. The van der Waals surface area contributed by atoms with E-state index in [4.69, 9.17) is 0 Å². The number of carboxylic acid groups (broad SMARTS) is 1. The molecule has 0 radical (unpaired) electrons. The van der Waals surface area contributed by atoms with Crippen molar-refractivity contribution in [3.63, 3.8) is 0 Å². The highest BCUT2D eigenvalue weighted by Crippen LogP contribution is 2.38. The molecule has 1 atom stereocenters. The Morgan fingerprint density at radius 3 is 2.33 bits per heavy atom. The second-order valence-corrected chi connectivity index (χ2v) is 5.77. The molecule has 5 nitrogen and oxygen atoms in total. The molecule has 0 aromatic carbocycles. The number of amides is 1. The van der Waals surface area contributed by atoms with E-state index in [-0.39, 0.29) is 11.9 Å². The van der Waals surface area contributed by atoms with Gasteiger partial charge in [-0.05, 0) is 33.1 Å². The van der Waals surface area contributed by atoms with Crippen molar-refractivity contribution >= 4 is 11.9 Å². The van der Waals surface area contributed by atoms with Crippen LogP contribution in [-0.2, 0) is 9.59 Å². The van der Waals surface area contributed by atoms with Gasteiger partial charge < -0.3 is 10.0 Å². The van der Waals surface area contributed by atoms with E-state index in [0.29, 0.717) is 19.0 Å². The molecular formula is C13H22N2O3. The van der Waals surface area contributed by atoms with Gasteiger partial charge in [-0.25, -0.2) is 4.79 Å². The van der Waals surface area contributed by atoms with E-state index >= 15 is 0 Å². The van der Waals surface area contributed by atoms with Crippen LogP contribution in [-0.4, -0.2) is 57.5 Å². The summed E-state index contributed by atoms with van der Waals surface area (Å²) in [6, 6.07) is 0.463. The predicted octanol–water partition coefficient (Wildman–Crippen LogP) is 0.935. The molecule has 2 fully saturated rings. The minimum atomic E-state index is -1.00. The summed E-state index contributed by atoms with van der Waals surface area (Å²) in [5.41, 5.74) is -1.00. The molecule has 2 aliphatic rings. The quantitative estimate of drug-likeness (QED) is 0.811. The van der Waals surface area contributed by atoms with Crippen LogP contribution in [0.25, 0.3) is 0 Å². The van der Waals surface area contributed by atoms with Crippen molar-refractivity contribution in [1.82, 2.24) is 9.80 Å². The van der Waals surface area contributed by atoms with Gasteiger partial charge in [0.2, 0.25) is 5.91 Å². The van der Waals surface area contributed by atoms with Crippen LogP contribution < -0.4 is 0 Å². The van der Waals surface area contributed by atoms with Crippen LogP contribution >= 0.6 is 0 Å². The molecule has 1 unspecified atom stereocenters. The summed E-state index contributed by atoms with van der Waals surface area (Å²) in [6.45, 7) is 6.82. The highest BCUT2D eigenvalue weighted by Gasteiger charge is 2.54. The van der Waals surface area contributed by atoms with E-state index in [9.17, 15) is 14.7 Å². The fraction of sp³-hybridized carbons (Fsp3) is 0.846. The summed E-state index contributed by atoms with van der Waals surface area (Å²) >= 11 is 0. The van der Waals surface area contributed by atoms with Crippen molar-refractivity contribution < 1.29 is 14.7 Å². The van der Waals surface area contributed by atoms with E-state index in [1.807, 2.05) is 0 Å². The zero-order chi connectivity index (χ0) is 13.5. The summed E-state index contributed by atoms with van der Waals surface area (Å²) in [7, 11) is 0. The number of likely N-dealkylation sites (tertiary alicyclic amines) is 1. The van der Waals surface area contributed by atoms with Gasteiger partial charge in [0.25, 0.3) is 0 Å². The first-order valence-electron chi connectivity index (χ1n) is 6.66. The zero-order valence-corrected chi connectivity index (χ0v) is 11.3. The number of aliphatic carboxylic acids is 1. The molecule has 1 amide bonds. The Morgan fingerprint density at radius 2 is 2.00 bits per heavy atom. The van der Waals surface area contributed by atoms with Crippen LogP contribution in [0.3, 0.4) is 0 Å². The van der Waals surface area contributed by atoms with Gasteiger partial charge in [-0.15, -0.1) is 0 Å². The molecule has 1 saturated carbocycles. The van der Waals surface area contributed by atoms with Gasteiger partial charge in [-0.1, -0.05) is 0 Å². The van der Waals surface area contributed by atoms with Crippen molar-refractivity contribution in [3.8, 4) is 0 Å². The largest absolute Gasteiger partial charge is 0.479 e. The van der Waals surface area contributed by atoms with E-state index < -0.39 is 11.5 Å². The fourth-order valence-corrected chi connectivity index (χ4v) is 2.98. The Balaban J connectivity index is 2.27. The number of nitrogens with zero attached hydrogens (tertiary/aromatic N) is 2. The summed E-state index contributed by atoms with van der Waals surface area (Å²) in [5.74, 6) is -0.960. The molecule has 1 aliphatic carbocycles. The second-order valence-electron chi connectivity index (χ2n) is 5.77. The first-order valence-corrected chi connectivity index (χ1v) is 6.66. The minimum absolute atomic E-state index is 0.106. The molecule has 0 spiro atoms. The molecule has 2 rings (SSSR count). The van der Waals surface area contributed by atoms with Gasteiger partial charge >= 0.3 is 5.97 Å². The van der Waals surface area contributed by atoms with Crippen LogP contribution in [0.4, 0.5) is 0 Å². The van der Waals surface area contributed by atoms with Crippen LogP contribution in [0.2, 0.25) is 0 Å². The molecule has 1 heterocycles. The Hall–Kier alpha value is -1.10. The third kappa shape index (κ3) is 2.11. The maximum atomic E-state index is 11.8. The normalized spacial score (nSPS) is 28.7. The molecule has 1 N–H and O–H groups in total. The molecule has 0 bridgehead atoms. The number of rotatable bonds is 4. The number of carbonyl (C=O) groups is 2. The maximum absolute atomic E-state index is 11.8. The summed E-state index contributed by atoms with van der Waals surface area (Å²) < 4.78 is 0. The molecule has 0 aromatic rings. The van der Waals surface area contributed by atoms with Crippen LogP contribution in [0, 0.1) is 0 Å². The zero-order valence-electron chi connectivity index (χ0n) is 11.3. The van der Waals surface area contributed by atoms with Crippen molar-refractivity contribution in [1.29, 1.82) is 0 Å². The third-order valence-corrected chi connectivity index (χ3v) is 4.12. The smallest absolute Gasteiger partial charge is 0.331 e. The van der Waals surface area contributed by atoms with Gasteiger partial charge in [-0.3, -0.25) is 9.69 Å². The van der Waals surface area contributed by atoms with E-state index in [0.717, 1.165) is 19.4 Å². The molecule has 18 heavy (non-hydrogen) atoms. The van der Waals surface area contributed by atoms with Gasteiger partial charge in [0.15, 0.2) is 5.54 Å². The van der Waals surface area contributed by atoms with Gasteiger partial charge in [0.05, 0.1) is 0 Å². The topological polar surface area (TPSA) is 60.9 Å². The maximum Gasteiger partial charge on any atom is 0.331 e. The molecule has 102 valence electrons. The molecule has 5 heteroatoms. The molecule has 1 aliphatic heterocycles. The number of hydrogen-bond donors (Lipinski definition) is 1. The third-order valence-electron chi connectivity index (χ3n) is 4.12. The molecule has 0 aromatic heterocycles. The highest BCUT2D eigenvalue weighted by molar-refractivity contribution is 5.87. The Bertz CT molecular complexity index is 365. The lowest BCUT2D eigenvalue weighted by Crippen LogP contribution is -2.59. The standard InChI is InChI=1S/C13H22N2O3/c1-9(2)14-7-6-13(8-14,12(17)18)15(10(3)16)11-4-5-11/h9,11H,4-8H2,1-3H3,(H,17,18). The van der Waals surface area contributed by atoms with Crippen molar-refractivity contribution in [2.75, 3.05) is 13.1 Å². The van der Waals surface area contributed by atoms with E-state index in [1.54, 1.807) is 4.90 Å². The first-order chi connectivity index (χ1) is 8.38. The lowest BCUT2D eigenvalue weighted by molar-refractivity contribution is -0.158. The summed E-state index contributed by atoms with van der Waals surface area (Å²) in [5, 5.41) is 9.64. The van der Waals surface area contributed by atoms with Gasteiger partial charge in [0.1, 0.15) is 0 Å². The average molecular weight is 254 g/mol. The highest BCUT2D eigenvalue weighted by atomic mass is 16.4.